The van der Waals surface area contributed by atoms with E-state index in [1.54, 1.807) is 19.0 Å². The van der Waals surface area contributed by atoms with Crippen molar-refractivity contribution in [3.05, 3.63) is 34.9 Å². The molecular weight excluding hydrogens is 314 g/mol. The molecule has 126 valence electrons. The monoisotopic (exact) mass is 337 g/mol. The van der Waals surface area contributed by atoms with E-state index in [2.05, 4.69) is 10.2 Å². The molecule has 1 saturated heterocycles. The van der Waals surface area contributed by atoms with Crippen molar-refractivity contribution in [3.8, 4) is 0 Å². The van der Waals surface area contributed by atoms with Crippen LogP contribution >= 0.6 is 11.6 Å². The average molecular weight is 338 g/mol. The number of piperidine rings is 1. The van der Waals surface area contributed by atoms with Crippen LogP contribution < -0.4 is 5.32 Å². The number of hydrogen-bond acceptors (Lipinski definition) is 3. The summed E-state index contributed by atoms with van der Waals surface area (Å²) in [5.41, 5.74) is 0.987. The summed E-state index contributed by atoms with van der Waals surface area (Å²) in [6.45, 7) is 2.43. The highest BCUT2D eigenvalue weighted by Crippen LogP contribution is 2.18. The van der Waals surface area contributed by atoms with Crippen molar-refractivity contribution in [1.82, 2.24) is 15.1 Å². The molecule has 1 heterocycles. The van der Waals surface area contributed by atoms with E-state index in [0.717, 1.165) is 31.5 Å². The van der Waals surface area contributed by atoms with Crippen LogP contribution in [-0.4, -0.2) is 55.3 Å². The van der Waals surface area contributed by atoms with Gasteiger partial charge >= 0.3 is 0 Å². The van der Waals surface area contributed by atoms with Gasteiger partial charge in [0.2, 0.25) is 11.8 Å². The Kier molecular flexibility index (Phi) is 6.42. The van der Waals surface area contributed by atoms with Gasteiger partial charge < -0.3 is 10.2 Å². The maximum Gasteiger partial charge on any atom is 0.234 e. The summed E-state index contributed by atoms with van der Waals surface area (Å²) in [6, 6.07) is 7.47. The molecule has 0 atom stereocenters. The number of halogens is 1. The minimum absolute atomic E-state index is 0.00219. The van der Waals surface area contributed by atoms with Gasteiger partial charge in [0.1, 0.15) is 0 Å². The number of rotatable bonds is 5. The fourth-order valence-electron chi connectivity index (χ4n) is 2.81. The summed E-state index contributed by atoms with van der Waals surface area (Å²) in [4.78, 5) is 27.7. The number of nitrogens with one attached hydrogen (secondary N) is 1. The van der Waals surface area contributed by atoms with Crippen LogP contribution in [0.25, 0.3) is 0 Å². The third-order valence-electron chi connectivity index (χ3n) is 4.12. The molecule has 23 heavy (non-hydrogen) atoms. The van der Waals surface area contributed by atoms with Gasteiger partial charge in [0.15, 0.2) is 0 Å². The first-order chi connectivity index (χ1) is 11.0. The van der Waals surface area contributed by atoms with Crippen LogP contribution in [0.4, 0.5) is 0 Å². The van der Waals surface area contributed by atoms with Gasteiger partial charge in [-0.05, 0) is 43.6 Å². The lowest BCUT2D eigenvalue weighted by atomic mass is 9.95. The quantitative estimate of drug-likeness (QED) is 0.890. The van der Waals surface area contributed by atoms with Crippen molar-refractivity contribution in [3.63, 3.8) is 0 Å². The van der Waals surface area contributed by atoms with Crippen LogP contribution in [0.1, 0.15) is 18.4 Å². The molecule has 1 aromatic carbocycles. The Morgan fingerprint density at radius 2 is 2.00 bits per heavy atom. The normalized spacial score (nSPS) is 16.1. The van der Waals surface area contributed by atoms with Crippen molar-refractivity contribution in [2.75, 3.05) is 33.7 Å². The SMILES string of the molecule is CN(C)C(=O)C1CCN(CC(=O)NCc2cccc(Cl)c2)CC1. The van der Waals surface area contributed by atoms with E-state index in [0.29, 0.717) is 18.1 Å². The molecule has 5 nitrogen and oxygen atoms in total. The molecule has 1 aromatic rings. The van der Waals surface area contributed by atoms with E-state index in [1.807, 2.05) is 24.3 Å². The maximum atomic E-state index is 12.0. The molecule has 0 aliphatic carbocycles. The molecule has 1 aliphatic rings. The van der Waals surface area contributed by atoms with Crippen molar-refractivity contribution >= 4 is 23.4 Å². The van der Waals surface area contributed by atoms with Gasteiger partial charge in [0.05, 0.1) is 6.54 Å². The molecule has 2 amide bonds. The number of hydrogen-bond donors (Lipinski definition) is 1. The third kappa shape index (κ3) is 5.52. The van der Waals surface area contributed by atoms with Crippen LogP contribution in [0.15, 0.2) is 24.3 Å². The topological polar surface area (TPSA) is 52.7 Å². The average Bonchev–Trinajstić information content (AvgIpc) is 2.53. The molecule has 0 aromatic heterocycles. The van der Waals surface area contributed by atoms with Gasteiger partial charge in [-0.2, -0.15) is 0 Å². The lowest BCUT2D eigenvalue weighted by Crippen LogP contribution is -2.44. The minimum atomic E-state index is 0.00219. The van der Waals surface area contributed by atoms with Gasteiger partial charge in [-0.25, -0.2) is 0 Å². The first-order valence-electron chi connectivity index (χ1n) is 7.90. The summed E-state index contributed by atoms with van der Waals surface area (Å²) in [5, 5.41) is 3.58. The van der Waals surface area contributed by atoms with E-state index < -0.39 is 0 Å². The maximum absolute atomic E-state index is 12.0. The predicted octanol–water partition coefficient (Wildman–Crippen LogP) is 1.76. The molecule has 1 fully saturated rings. The lowest BCUT2D eigenvalue weighted by Gasteiger charge is -2.31. The summed E-state index contributed by atoms with van der Waals surface area (Å²) in [6.07, 6.45) is 1.64. The zero-order valence-corrected chi connectivity index (χ0v) is 14.5. The van der Waals surface area contributed by atoms with Crippen LogP contribution in [0.2, 0.25) is 5.02 Å². The summed E-state index contributed by atoms with van der Waals surface area (Å²) >= 11 is 5.93. The molecule has 0 spiro atoms. The Balaban J connectivity index is 1.71. The van der Waals surface area contributed by atoms with Crippen molar-refractivity contribution in [2.45, 2.75) is 19.4 Å². The highest BCUT2D eigenvalue weighted by Gasteiger charge is 2.26. The fourth-order valence-corrected chi connectivity index (χ4v) is 3.02. The van der Waals surface area contributed by atoms with Crippen molar-refractivity contribution in [2.24, 2.45) is 5.92 Å². The second-order valence-corrected chi connectivity index (χ2v) is 6.63. The number of amides is 2. The Labute approximate surface area is 142 Å². The van der Waals surface area contributed by atoms with Gasteiger partial charge in [-0.3, -0.25) is 14.5 Å². The van der Waals surface area contributed by atoms with Crippen LogP contribution in [0.5, 0.6) is 0 Å². The predicted molar refractivity (Wildman–Crippen MR) is 91.2 cm³/mol. The van der Waals surface area contributed by atoms with Crippen LogP contribution in [-0.2, 0) is 16.1 Å². The summed E-state index contributed by atoms with van der Waals surface area (Å²) in [7, 11) is 3.58. The molecule has 6 heteroatoms. The zero-order valence-electron chi connectivity index (χ0n) is 13.7. The van der Waals surface area contributed by atoms with E-state index in [4.69, 9.17) is 11.6 Å². The molecule has 1 aliphatic heterocycles. The first-order valence-corrected chi connectivity index (χ1v) is 8.28. The molecule has 0 bridgehead atoms. The molecule has 0 radical (unpaired) electrons. The fraction of sp³-hybridized carbons (Fsp3) is 0.529. The van der Waals surface area contributed by atoms with Crippen molar-refractivity contribution < 1.29 is 9.59 Å². The Hall–Kier alpha value is -1.59. The molecule has 0 saturated carbocycles. The second kappa shape index (κ2) is 8.31. The van der Waals surface area contributed by atoms with E-state index in [-0.39, 0.29) is 17.7 Å². The Morgan fingerprint density at radius 3 is 2.61 bits per heavy atom. The van der Waals surface area contributed by atoms with Gasteiger partial charge in [-0.1, -0.05) is 23.7 Å². The number of carbonyl (C=O) groups is 2. The lowest BCUT2D eigenvalue weighted by molar-refractivity contribution is -0.134. The second-order valence-electron chi connectivity index (χ2n) is 6.19. The number of carbonyl (C=O) groups excluding carboxylic acids is 2. The highest BCUT2D eigenvalue weighted by atomic mass is 35.5. The smallest absolute Gasteiger partial charge is 0.234 e. The first kappa shape index (κ1) is 17.8. The minimum Gasteiger partial charge on any atom is -0.351 e. The number of likely N-dealkylation sites (tertiary alicyclic amines) is 1. The Morgan fingerprint density at radius 1 is 1.30 bits per heavy atom. The van der Waals surface area contributed by atoms with Crippen molar-refractivity contribution in [1.29, 1.82) is 0 Å². The van der Waals surface area contributed by atoms with Gasteiger partial charge in [-0.15, -0.1) is 0 Å². The third-order valence-corrected chi connectivity index (χ3v) is 4.36. The van der Waals surface area contributed by atoms with Gasteiger partial charge in [0, 0.05) is 31.6 Å². The van der Waals surface area contributed by atoms with Crippen LogP contribution in [0.3, 0.4) is 0 Å². The zero-order chi connectivity index (χ0) is 16.8. The van der Waals surface area contributed by atoms with Crippen LogP contribution in [0, 0.1) is 5.92 Å². The Bertz CT molecular complexity index is 555. The highest BCUT2D eigenvalue weighted by molar-refractivity contribution is 6.30. The molecule has 1 N–H and O–H groups in total. The molecular formula is C17H24ClN3O2. The molecule has 0 unspecified atom stereocenters. The van der Waals surface area contributed by atoms with E-state index in [1.165, 1.54) is 0 Å². The summed E-state index contributed by atoms with van der Waals surface area (Å²) in [5.74, 6) is 0.285. The van der Waals surface area contributed by atoms with Gasteiger partial charge in [0.25, 0.3) is 0 Å². The molecule has 2 rings (SSSR count). The van der Waals surface area contributed by atoms with E-state index in [9.17, 15) is 9.59 Å². The number of nitrogens with zero attached hydrogens (tertiary/aromatic N) is 2. The largest absolute Gasteiger partial charge is 0.351 e. The number of benzene rings is 1. The summed E-state index contributed by atoms with van der Waals surface area (Å²) < 4.78 is 0. The standard InChI is InChI=1S/C17H24ClN3O2/c1-20(2)17(23)14-6-8-21(9-7-14)12-16(22)19-11-13-4-3-5-15(18)10-13/h3-5,10,14H,6-9,11-12H2,1-2H3,(H,19,22). The van der Waals surface area contributed by atoms with E-state index >= 15 is 0 Å².